The van der Waals surface area contributed by atoms with E-state index in [2.05, 4.69) is 5.32 Å². The number of nitrogens with zero attached hydrogens (tertiary/aromatic N) is 3. The number of carbonyl (C=O) groups is 4. The van der Waals surface area contributed by atoms with E-state index < -0.39 is 23.6 Å². The van der Waals surface area contributed by atoms with Crippen molar-refractivity contribution in [3.63, 3.8) is 0 Å². The zero-order chi connectivity index (χ0) is 31.7. The van der Waals surface area contributed by atoms with E-state index >= 15 is 0 Å². The Morgan fingerprint density at radius 2 is 1.81 bits per heavy atom. The number of ether oxygens (including phenoxy) is 1. The van der Waals surface area contributed by atoms with Crippen LogP contribution in [0.15, 0.2) is 30.3 Å². The number of hydrogen-bond donors (Lipinski definition) is 2. The largest absolute Gasteiger partial charge is 0.521 e. The molecule has 0 aromatic heterocycles. The van der Waals surface area contributed by atoms with Gasteiger partial charge in [-0.25, -0.2) is 9.40 Å². The number of likely N-dealkylation sites (N-methyl/N-ethyl adjacent to an activating group) is 1. The number of fused-ring (bicyclic) bond motifs is 2. The average Bonchev–Trinajstić information content (AvgIpc) is 3.52. The normalized spacial score (nSPS) is 16.7. The van der Waals surface area contributed by atoms with Crippen molar-refractivity contribution >= 4 is 29.4 Å². The van der Waals surface area contributed by atoms with Crippen LogP contribution in [0.3, 0.4) is 0 Å². The highest BCUT2D eigenvalue weighted by Crippen LogP contribution is 2.36. The fraction of sp³-hybridized carbons (Fsp3) is 0.500. The Morgan fingerprint density at radius 3 is 2.47 bits per heavy atom. The lowest BCUT2D eigenvalue weighted by Crippen LogP contribution is -2.62. The molecule has 4 rings (SSSR count). The summed E-state index contributed by atoms with van der Waals surface area (Å²) in [5.41, 5.74) is 9.51. The maximum Gasteiger partial charge on any atom is 0.521 e. The Hall–Kier alpha value is -3.67. The van der Waals surface area contributed by atoms with E-state index in [0.717, 1.165) is 22.3 Å². The van der Waals surface area contributed by atoms with Crippen molar-refractivity contribution in [3.05, 3.63) is 64.0 Å². The van der Waals surface area contributed by atoms with Crippen LogP contribution in [0, 0.1) is 12.7 Å². The second kappa shape index (κ2) is 12.5. The molecule has 3 N–H and O–H groups in total. The summed E-state index contributed by atoms with van der Waals surface area (Å²) in [5, 5.41) is 6.14. The molecule has 11 heteroatoms. The van der Waals surface area contributed by atoms with Crippen LogP contribution in [0.1, 0.15) is 73.1 Å². The van der Waals surface area contributed by atoms with Crippen LogP contribution in [-0.2, 0) is 33.8 Å². The molecule has 0 spiro atoms. The number of aryl methyl sites for hydroxylation is 2. The van der Waals surface area contributed by atoms with Gasteiger partial charge in [0.2, 0.25) is 11.8 Å². The first-order valence-electron chi connectivity index (χ1n) is 14.7. The molecule has 2 unspecified atom stereocenters. The number of halogens is 1. The van der Waals surface area contributed by atoms with E-state index in [1.165, 1.54) is 17.1 Å². The van der Waals surface area contributed by atoms with Crippen LogP contribution in [-0.4, -0.2) is 72.0 Å². The first kappa shape index (κ1) is 32.2. The minimum absolute atomic E-state index is 0.00398. The lowest BCUT2D eigenvalue weighted by Gasteiger charge is -2.39. The van der Waals surface area contributed by atoms with Crippen molar-refractivity contribution in [1.29, 1.82) is 0 Å². The first-order chi connectivity index (χ1) is 20.2. The molecule has 0 bridgehead atoms. The summed E-state index contributed by atoms with van der Waals surface area (Å²) in [7, 11) is 1.64. The molecule has 2 aromatic rings. The summed E-state index contributed by atoms with van der Waals surface area (Å²) in [6.45, 7) is 9.82. The molecule has 0 radical (unpaired) electrons. The monoisotopic (exact) mass is 596 g/mol. The molecule has 10 nitrogen and oxygen atoms in total. The van der Waals surface area contributed by atoms with E-state index in [1.807, 2.05) is 19.9 Å². The molecule has 1 aliphatic carbocycles. The van der Waals surface area contributed by atoms with E-state index in [9.17, 15) is 23.6 Å². The van der Waals surface area contributed by atoms with E-state index in [-0.39, 0.29) is 48.0 Å². The quantitative estimate of drug-likeness (QED) is 0.423. The number of quaternary nitrogens is 1. The maximum atomic E-state index is 14.1. The van der Waals surface area contributed by atoms with Gasteiger partial charge >= 0.3 is 6.09 Å². The summed E-state index contributed by atoms with van der Waals surface area (Å²) in [6.07, 6.45) is 0.389. The molecule has 43 heavy (non-hydrogen) atoms. The van der Waals surface area contributed by atoms with Gasteiger partial charge in [0, 0.05) is 43.8 Å². The van der Waals surface area contributed by atoms with Crippen LogP contribution < -0.4 is 15.5 Å². The van der Waals surface area contributed by atoms with E-state index in [1.54, 1.807) is 45.0 Å². The van der Waals surface area contributed by atoms with E-state index in [4.69, 9.17) is 10.5 Å². The van der Waals surface area contributed by atoms with Crippen molar-refractivity contribution in [2.45, 2.75) is 78.6 Å². The average molecular weight is 597 g/mol. The van der Waals surface area contributed by atoms with Gasteiger partial charge in [-0.3, -0.25) is 19.4 Å². The minimum atomic E-state index is -0.813. The van der Waals surface area contributed by atoms with Crippen molar-refractivity contribution in [2.75, 3.05) is 26.7 Å². The molecule has 3 amide bonds. The molecule has 0 saturated carbocycles. The second-order valence-electron chi connectivity index (χ2n) is 12.5. The summed E-state index contributed by atoms with van der Waals surface area (Å²) < 4.78 is 19.4. The second-order valence-corrected chi connectivity index (χ2v) is 12.5. The zero-order valence-electron chi connectivity index (χ0n) is 26.0. The van der Waals surface area contributed by atoms with Gasteiger partial charge in [-0.15, -0.1) is 0 Å². The number of nitrogens with two attached hydrogens (primary N) is 1. The third-order valence-corrected chi connectivity index (χ3v) is 8.25. The molecule has 2 aliphatic rings. The molecule has 2 aromatic carbocycles. The summed E-state index contributed by atoms with van der Waals surface area (Å²) >= 11 is 0. The highest BCUT2D eigenvalue weighted by atomic mass is 19.1. The van der Waals surface area contributed by atoms with Crippen LogP contribution in [0.5, 0.6) is 0 Å². The van der Waals surface area contributed by atoms with Gasteiger partial charge in [-0.2, -0.15) is 9.28 Å². The van der Waals surface area contributed by atoms with Crippen molar-refractivity contribution < 1.29 is 28.3 Å². The first-order valence-corrected chi connectivity index (χ1v) is 14.7. The van der Waals surface area contributed by atoms with Gasteiger partial charge in [0.15, 0.2) is 5.78 Å². The number of rotatable bonds is 9. The highest BCUT2D eigenvalue weighted by Gasteiger charge is 2.46. The Bertz CT molecular complexity index is 1440. The smallest absolute Gasteiger partial charge is 0.414 e. The third-order valence-electron chi connectivity index (χ3n) is 8.25. The Labute approximate surface area is 252 Å². The Kier molecular flexibility index (Phi) is 9.39. The van der Waals surface area contributed by atoms with Gasteiger partial charge < -0.3 is 15.8 Å². The van der Waals surface area contributed by atoms with Gasteiger partial charge in [-0.1, -0.05) is 6.07 Å². The maximum absolute atomic E-state index is 14.1. The fourth-order valence-corrected chi connectivity index (χ4v) is 6.00. The lowest BCUT2D eigenvalue weighted by molar-refractivity contribution is -0.147. The van der Waals surface area contributed by atoms with Crippen LogP contribution >= 0.6 is 0 Å². The van der Waals surface area contributed by atoms with Crippen molar-refractivity contribution in [1.82, 2.24) is 19.8 Å². The zero-order valence-corrected chi connectivity index (χ0v) is 26.0. The van der Waals surface area contributed by atoms with Gasteiger partial charge in [0.1, 0.15) is 23.7 Å². The third kappa shape index (κ3) is 6.95. The summed E-state index contributed by atoms with van der Waals surface area (Å²) in [6, 6.07) is 7.51. The molecule has 1 heterocycles. The fourth-order valence-electron chi connectivity index (χ4n) is 6.00. The lowest BCUT2D eigenvalue weighted by atomic mass is 10.0. The molecular weight excluding hydrogens is 553 g/mol. The Balaban J connectivity index is 1.68. The number of ketones is 1. The number of amides is 3. The van der Waals surface area contributed by atoms with Crippen LogP contribution in [0.25, 0.3) is 0 Å². The van der Waals surface area contributed by atoms with E-state index in [0.29, 0.717) is 37.2 Å². The molecule has 2 atom stereocenters. The van der Waals surface area contributed by atoms with Gasteiger partial charge in [-0.05, 0) is 75.9 Å². The number of Topliss-reactive ketones (excluding diaryl/α,β-unsaturated/α-hetero) is 1. The van der Waals surface area contributed by atoms with Crippen molar-refractivity contribution in [3.8, 4) is 0 Å². The minimum Gasteiger partial charge on any atom is -0.414 e. The summed E-state index contributed by atoms with van der Waals surface area (Å²) in [5.74, 6) is -1.08. The Morgan fingerprint density at radius 1 is 1.12 bits per heavy atom. The standard InChI is InChI=1S/C32H42FN5O5/c1-7-38(31(42)43-32(3,4)5,27-15-26-21(12-20(27)2)9-11-28(26)39)19-25(35-29(40)16-34)14-30(41)36(6)37-17-22-8-10-24(33)13-23(22)18-37/h8,10,12-13,15,25H,7,9,11,14,16-19,34H2,1-6H3/p+1. The van der Waals surface area contributed by atoms with Crippen LogP contribution in [0.4, 0.5) is 14.9 Å². The number of carbonyl (C=O) groups excluding carboxylic acids is 4. The number of hydrogen-bond acceptors (Lipinski definition) is 7. The number of nitrogens with one attached hydrogen (secondary N) is 1. The number of benzene rings is 2. The molecule has 1 aliphatic heterocycles. The predicted molar refractivity (Wildman–Crippen MR) is 161 cm³/mol. The van der Waals surface area contributed by atoms with Gasteiger partial charge in [0.05, 0.1) is 25.6 Å². The SMILES string of the molecule is CC[N+](CC(CC(=O)N(C)N1Cc2ccc(F)cc2C1)NC(=O)CN)(C(=O)OC(C)(C)C)c1cc2c(cc1C)CCC2=O. The summed E-state index contributed by atoms with van der Waals surface area (Å²) in [4.78, 5) is 53.1. The highest BCUT2D eigenvalue weighted by molar-refractivity contribution is 6.02. The van der Waals surface area contributed by atoms with Crippen LogP contribution in [0.2, 0.25) is 0 Å². The van der Waals surface area contributed by atoms with Gasteiger partial charge in [0.25, 0.3) is 0 Å². The number of hydrazine groups is 1. The predicted octanol–water partition coefficient (Wildman–Crippen LogP) is 3.75. The molecule has 0 saturated heterocycles. The topological polar surface area (TPSA) is 122 Å². The molecular formula is C32H43FN5O5+. The molecule has 232 valence electrons. The molecule has 0 fully saturated rings. The van der Waals surface area contributed by atoms with Crippen molar-refractivity contribution in [2.24, 2.45) is 5.73 Å².